The molecule has 0 bridgehead atoms. The second-order valence-corrected chi connectivity index (χ2v) is 10.8. The minimum absolute atomic E-state index is 0.0950. The van der Waals surface area contributed by atoms with Crippen LogP contribution in [0.3, 0.4) is 0 Å². The summed E-state index contributed by atoms with van der Waals surface area (Å²) in [5.74, 6) is -1.55. The number of ketones is 1. The number of hydrogen-bond donors (Lipinski definition) is 1. The van der Waals surface area contributed by atoms with Gasteiger partial charge in [0, 0.05) is 11.8 Å². The lowest BCUT2D eigenvalue weighted by atomic mass is 9.91. The molecule has 4 rings (SSSR count). The molecule has 3 aromatic rings. The van der Waals surface area contributed by atoms with Crippen LogP contribution < -0.4 is 4.90 Å². The molecule has 0 fully saturated rings. The van der Waals surface area contributed by atoms with Crippen molar-refractivity contribution >= 4 is 27.3 Å². The molecular weight excluding hydrogens is 466 g/mol. The zero-order valence-corrected chi connectivity index (χ0v) is 20.6. The summed E-state index contributed by atoms with van der Waals surface area (Å²) in [6.45, 7) is 5.82. The summed E-state index contributed by atoms with van der Waals surface area (Å²) in [4.78, 5) is 28.1. The van der Waals surface area contributed by atoms with Crippen LogP contribution in [-0.2, 0) is 14.6 Å². The van der Waals surface area contributed by atoms with E-state index < -0.39 is 33.3 Å². The number of Topliss-reactive ketones (excluding diaryl/α,β-unsaturated/α-hetero) is 1. The Hall–Kier alpha value is -3.85. The summed E-state index contributed by atoms with van der Waals surface area (Å²) >= 11 is 0. The van der Waals surface area contributed by atoms with Crippen molar-refractivity contribution in [3.63, 3.8) is 0 Å². The third-order valence-corrected chi connectivity index (χ3v) is 7.08. The molecule has 35 heavy (non-hydrogen) atoms. The van der Waals surface area contributed by atoms with E-state index in [-0.39, 0.29) is 22.2 Å². The SMILES string of the molecule is Cc1ccc(N2C(=O)C(O)=C(C(=O)c3ccc(C(C)C)cc3)C2c2ccc(S(C)(=O)=O)cc2)nn1. The molecule has 8 nitrogen and oxygen atoms in total. The first-order valence-electron chi connectivity index (χ1n) is 11.0. The van der Waals surface area contributed by atoms with Crippen LogP contribution in [0.25, 0.3) is 0 Å². The van der Waals surface area contributed by atoms with E-state index in [1.165, 1.54) is 29.2 Å². The molecule has 0 saturated heterocycles. The van der Waals surface area contributed by atoms with Crippen LogP contribution in [0.15, 0.2) is 76.9 Å². The summed E-state index contributed by atoms with van der Waals surface area (Å²) in [6.07, 6.45) is 1.09. The van der Waals surface area contributed by atoms with Crippen LogP contribution in [0.1, 0.15) is 53.0 Å². The Morgan fingerprint density at radius 2 is 1.60 bits per heavy atom. The first-order chi connectivity index (χ1) is 16.5. The summed E-state index contributed by atoms with van der Waals surface area (Å²) in [6, 6.07) is 15.1. The van der Waals surface area contributed by atoms with Crippen LogP contribution >= 0.6 is 0 Å². The Bertz CT molecular complexity index is 1430. The number of carbonyl (C=O) groups excluding carboxylic acids is 2. The first kappa shape index (κ1) is 24.3. The second kappa shape index (κ2) is 9.07. The lowest BCUT2D eigenvalue weighted by Crippen LogP contribution is -2.32. The standard InChI is InChI=1S/C26H25N3O5S/c1-15(2)17-6-8-19(9-7-17)24(30)22-23(18-10-12-20(13-11-18)35(4,33)34)29(26(32)25(22)31)21-14-5-16(3)27-28-21/h5-15,23,31H,1-4H3. The number of carbonyl (C=O) groups is 2. The zero-order chi connectivity index (χ0) is 25.5. The van der Waals surface area contributed by atoms with Crippen molar-refractivity contribution in [2.75, 3.05) is 11.2 Å². The molecule has 0 radical (unpaired) electrons. The number of rotatable bonds is 6. The number of aliphatic hydroxyl groups is 1. The highest BCUT2D eigenvalue weighted by molar-refractivity contribution is 7.90. The van der Waals surface area contributed by atoms with Gasteiger partial charge in [0.2, 0.25) is 0 Å². The molecule has 1 unspecified atom stereocenters. The number of aliphatic hydroxyl groups excluding tert-OH is 1. The Kier molecular flexibility index (Phi) is 6.29. The molecule has 1 amide bonds. The molecule has 1 aliphatic rings. The highest BCUT2D eigenvalue weighted by Crippen LogP contribution is 2.41. The molecule has 180 valence electrons. The molecule has 1 aromatic heterocycles. The Balaban J connectivity index is 1.84. The van der Waals surface area contributed by atoms with Crippen LogP contribution in [0.5, 0.6) is 0 Å². The molecular formula is C26H25N3O5S. The van der Waals surface area contributed by atoms with E-state index in [0.29, 0.717) is 16.8 Å². The summed E-state index contributed by atoms with van der Waals surface area (Å²) in [5.41, 5.74) is 2.33. The van der Waals surface area contributed by atoms with E-state index >= 15 is 0 Å². The van der Waals surface area contributed by atoms with E-state index in [9.17, 15) is 23.1 Å². The fraction of sp³-hybridized carbons (Fsp3) is 0.231. The van der Waals surface area contributed by atoms with Gasteiger partial charge in [-0.05, 0) is 48.2 Å². The number of aromatic nitrogens is 2. The van der Waals surface area contributed by atoms with Gasteiger partial charge in [-0.1, -0.05) is 50.2 Å². The zero-order valence-electron chi connectivity index (χ0n) is 19.8. The number of anilines is 1. The molecule has 0 spiro atoms. The van der Waals surface area contributed by atoms with E-state index in [4.69, 9.17) is 0 Å². The van der Waals surface area contributed by atoms with Crippen LogP contribution in [0.4, 0.5) is 5.82 Å². The summed E-state index contributed by atoms with van der Waals surface area (Å²) in [7, 11) is -3.45. The Morgan fingerprint density at radius 3 is 2.11 bits per heavy atom. The largest absolute Gasteiger partial charge is 0.503 e. The average Bonchev–Trinajstić information content (AvgIpc) is 3.09. The highest BCUT2D eigenvalue weighted by atomic mass is 32.2. The molecule has 9 heteroatoms. The molecule has 1 aliphatic heterocycles. The number of amides is 1. The van der Waals surface area contributed by atoms with E-state index in [1.807, 2.05) is 26.0 Å². The van der Waals surface area contributed by atoms with Crippen molar-refractivity contribution in [3.8, 4) is 0 Å². The monoisotopic (exact) mass is 491 g/mol. The molecule has 1 atom stereocenters. The van der Waals surface area contributed by atoms with Crippen LogP contribution in [0.2, 0.25) is 0 Å². The van der Waals surface area contributed by atoms with Gasteiger partial charge in [-0.25, -0.2) is 8.42 Å². The quantitative estimate of drug-likeness (QED) is 0.516. The number of hydrogen-bond acceptors (Lipinski definition) is 7. The second-order valence-electron chi connectivity index (χ2n) is 8.82. The van der Waals surface area contributed by atoms with Gasteiger partial charge in [0.1, 0.15) is 0 Å². The third-order valence-electron chi connectivity index (χ3n) is 5.95. The number of benzene rings is 2. The third kappa shape index (κ3) is 4.59. The normalized spacial score (nSPS) is 16.3. The number of sulfone groups is 1. The maximum Gasteiger partial charge on any atom is 0.295 e. The fourth-order valence-corrected chi connectivity index (χ4v) is 4.61. The average molecular weight is 492 g/mol. The van der Waals surface area contributed by atoms with Crippen LogP contribution in [-0.4, -0.2) is 41.7 Å². The molecule has 0 aliphatic carbocycles. The van der Waals surface area contributed by atoms with Gasteiger partial charge in [0.25, 0.3) is 5.91 Å². The predicted octanol–water partition coefficient (Wildman–Crippen LogP) is 4.09. The summed E-state index contributed by atoms with van der Waals surface area (Å²) < 4.78 is 23.9. The minimum atomic E-state index is -3.45. The number of aryl methyl sites for hydroxylation is 1. The van der Waals surface area contributed by atoms with E-state index in [2.05, 4.69) is 10.2 Å². The minimum Gasteiger partial charge on any atom is -0.503 e. The lowest BCUT2D eigenvalue weighted by Gasteiger charge is -2.25. The smallest absolute Gasteiger partial charge is 0.295 e. The van der Waals surface area contributed by atoms with Gasteiger partial charge in [-0.2, -0.15) is 5.10 Å². The molecule has 2 heterocycles. The fourth-order valence-electron chi connectivity index (χ4n) is 3.98. The lowest BCUT2D eigenvalue weighted by molar-refractivity contribution is -0.117. The maximum absolute atomic E-state index is 13.6. The van der Waals surface area contributed by atoms with Crippen molar-refractivity contribution < 1.29 is 23.1 Å². The topological polar surface area (TPSA) is 118 Å². The van der Waals surface area contributed by atoms with Crippen molar-refractivity contribution in [1.29, 1.82) is 0 Å². The molecule has 1 N–H and O–H groups in total. The van der Waals surface area contributed by atoms with Crippen molar-refractivity contribution in [3.05, 3.63) is 94.4 Å². The van der Waals surface area contributed by atoms with Gasteiger partial charge >= 0.3 is 0 Å². The van der Waals surface area contributed by atoms with Gasteiger partial charge in [0.15, 0.2) is 27.2 Å². The van der Waals surface area contributed by atoms with Crippen LogP contribution in [0, 0.1) is 6.92 Å². The molecule has 0 saturated carbocycles. The maximum atomic E-state index is 13.6. The summed E-state index contributed by atoms with van der Waals surface area (Å²) in [5, 5.41) is 18.9. The highest BCUT2D eigenvalue weighted by Gasteiger charge is 2.45. The van der Waals surface area contributed by atoms with Gasteiger partial charge < -0.3 is 5.11 Å². The van der Waals surface area contributed by atoms with Gasteiger partial charge in [-0.15, -0.1) is 5.10 Å². The van der Waals surface area contributed by atoms with Crippen molar-refractivity contribution in [2.45, 2.75) is 37.6 Å². The Labute approximate surface area is 203 Å². The molecule has 2 aromatic carbocycles. The number of nitrogens with zero attached hydrogens (tertiary/aromatic N) is 3. The predicted molar refractivity (Wildman–Crippen MR) is 131 cm³/mol. The van der Waals surface area contributed by atoms with E-state index in [1.54, 1.807) is 31.2 Å². The van der Waals surface area contributed by atoms with E-state index in [0.717, 1.165) is 11.8 Å². The van der Waals surface area contributed by atoms with Gasteiger partial charge in [-0.3, -0.25) is 14.5 Å². The van der Waals surface area contributed by atoms with Gasteiger partial charge in [0.05, 0.1) is 22.2 Å². The Morgan fingerprint density at radius 1 is 0.971 bits per heavy atom. The van der Waals surface area contributed by atoms with Crippen molar-refractivity contribution in [1.82, 2.24) is 10.2 Å². The first-order valence-corrected chi connectivity index (χ1v) is 12.9. The van der Waals surface area contributed by atoms with Crippen molar-refractivity contribution in [2.24, 2.45) is 0 Å².